The van der Waals surface area contributed by atoms with Crippen LogP contribution in [0.3, 0.4) is 0 Å². The molecule has 0 atom stereocenters. The minimum Gasteiger partial charge on any atom is -0.463 e. The molecule has 28 heavy (non-hydrogen) atoms. The number of sulfonamides is 1. The van der Waals surface area contributed by atoms with Gasteiger partial charge in [-0.2, -0.15) is 5.10 Å². The molecule has 1 amide bonds. The first kappa shape index (κ1) is 18.8. The third kappa shape index (κ3) is 3.83. The largest absolute Gasteiger partial charge is 0.463 e. The molecule has 0 spiro atoms. The standard InChI is InChI=1S/C18H23N5O4S/c1-28(25,26)22-7-4-14(5-8-22)18(24)19-6-9-21-10-11-23-17(21)13-15(20-23)16-3-2-12-27-16/h2-3,10-14H,4-9H2,1H3,(H,19,24). The van der Waals surface area contributed by atoms with Gasteiger partial charge in [0, 0.05) is 50.6 Å². The number of hydrogen-bond donors (Lipinski definition) is 1. The Kier molecular flexibility index (Phi) is 4.98. The average molecular weight is 405 g/mol. The summed E-state index contributed by atoms with van der Waals surface area (Å²) in [6.07, 6.45) is 7.72. The Morgan fingerprint density at radius 1 is 1.32 bits per heavy atom. The Hall–Kier alpha value is -2.59. The number of imidazole rings is 1. The Morgan fingerprint density at radius 2 is 2.11 bits per heavy atom. The zero-order valence-electron chi connectivity index (χ0n) is 15.6. The van der Waals surface area contributed by atoms with Gasteiger partial charge in [0.1, 0.15) is 11.3 Å². The lowest BCUT2D eigenvalue weighted by Gasteiger charge is -2.29. The number of carbonyl (C=O) groups is 1. The van der Waals surface area contributed by atoms with Gasteiger partial charge in [0.05, 0.1) is 12.5 Å². The summed E-state index contributed by atoms with van der Waals surface area (Å²) in [7, 11) is -3.17. The second-order valence-corrected chi connectivity index (χ2v) is 9.01. The first-order valence-electron chi connectivity index (χ1n) is 9.23. The fourth-order valence-corrected chi connectivity index (χ4v) is 4.43. The zero-order chi connectivity index (χ0) is 19.7. The van der Waals surface area contributed by atoms with Gasteiger partial charge in [-0.05, 0) is 25.0 Å². The lowest BCUT2D eigenvalue weighted by molar-refractivity contribution is -0.126. The molecule has 4 rings (SSSR count). The first-order chi connectivity index (χ1) is 13.4. The van der Waals surface area contributed by atoms with Crippen molar-refractivity contribution in [2.45, 2.75) is 19.4 Å². The van der Waals surface area contributed by atoms with Gasteiger partial charge in [0.25, 0.3) is 0 Å². The van der Waals surface area contributed by atoms with Crippen LogP contribution in [-0.4, -0.2) is 58.7 Å². The summed E-state index contributed by atoms with van der Waals surface area (Å²) in [5, 5.41) is 7.45. The number of furan rings is 1. The molecule has 0 unspecified atom stereocenters. The summed E-state index contributed by atoms with van der Waals surface area (Å²) in [5.41, 5.74) is 1.68. The number of nitrogens with one attached hydrogen (secondary N) is 1. The lowest BCUT2D eigenvalue weighted by atomic mass is 9.97. The highest BCUT2D eigenvalue weighted by atomic mass is 32.2. The third-order valence-electron chi connectivity index (χ3n) is 5.12. The highest BCUT2D eigenvalue weighted by Gasteiger charge is 2.28. The molecule has 1 saturated heterocycles. The second kappa shape index (κ2) is 7.44. The Morgan fingerprint density at radius 3 is 2.79 bits per heavy atom. The van der Waals surface area contributed by atoms with E-state index in [0.717, 1.165) is 11.3 Å². The summed E-state index contributed by atoms with van der Waals surface area (Å²) in [6.45, 7) is 1.92. The van der Waals surface area contributed by atoms with Crippen LogP contribution in [0.25, 0.3) is 17.1 Å². The fraction of sp³-hybridized carbons (Fsp3) is 0.444. The van der Waals surface area contributed by atoms with Crippen LogP contribution >= 0.6 is 0 Å². The molecule has 9 nitrogen and oxygen atoms in total. The molecule has 0 radical (unpaired) electrons. The van der Waals surface area contributed by atoms with E-state index in [1.54, 1.807) is 10.8 Å². The molecule has 3 aromatic heterocycles. The highest BCUT2D eigenvalue weighted by molar-refractivity contribution is 7.88. The van der Waals surface area contributed by atoms with E-state index in [0.29, 0.717) is 44.8 Å². The lowest BCUT2D eigenvalue weighted by Crippen LogP contribution is -2.43. The van der Waals surface area contributed by atoms with Crippen molar-refractivity contribution in [3.05, 3.63) is 36.9 Å². The van der Waals surface area contributed by atoms with E-state index in [1.165, 1.54) is 10.6 Å². The molecule has 1 fully saturated rings. The second-order valence-electron chi connectivity index (χ2n) is 7.03. The molecule has 150 valence electrons. The number of hydrogen-bond acceptors (Lipinski definition) is 5. The van der Waals surface area contributed by atoms with Crippen molar-refractivity contribution in [2.75, 3.05) is 25.9 Å². The van der Waals surface area contributed by atoms with Gasteiger partial charge in [-0.25, -0.2) is 17.2 Å². The van der Waals surface area contributed by atoms with Crippen LogP contribution in [0, 0.1) is 5.92 Å². The SMILES string of the molecule is CS(=O)(=O)N1CCC(C(=O)NCCn2ccn3nc(-c4ccco4)cc23)CC1. The van der Waals surface area contributed by atoms with Gasteiger partial charge in [-0.3, -0.25) is 4.79 Å². The number of fused-ring (bicyclic) bond motifs is 1. The molecule has 1 N–H and O–H groups in total. The van der Waals surface area contributed by atoms with Crippen LogP contribution in [0.15, 0.2) is 41.3 Å². The molecule has 1 aliphatic heterocycles. The van der Waals surface area contributed by atoms with E-state index in [9.17, 15) is 13.2 Å². The van der Waals surface area contributed by atoms with E-state index in [2.05, 4.69) is 10.4 Å². The smallest absolute Gasteiger partial charge is 0.223 e. The van der Waals surface area contributed by atoms with E-state index in [4.69, 9.17) is 4.42 Å². The van der Waals surface area contributed by atoms with Crippen LogP contribution in [-0.2, 0) is 21.4 Å². The van der Waals surface area contributed by atoms with Crippen LogP contribution in [0.1, 0.15) is 12.8 Å². The third-order valence-corrected chi connectivity index (χ3v) is 6.42. The van der Waals surface area contributed by atoms with Crippen molar-refractivity contribution in [3.8, 4) is 11.5 Å². The molecule has 0 saturated carbocycles. The van der Waals surface area contributed by atoms with Gasteiger partial charge in [0.15, 0.2) is 5.76 Å². The number of piperidine rings is 1. The average Bonchev–Trinajstić information content (AvgIpc) is 3.38. The van der Waals surface area contributed by atoms with Crippen molar-refractivity contribution in [1.29, 1.82) is 0 Å². The molecule has 4 heterocycles. The maximum Gasteiger partial charge on any atom is 0.223 e. The summed E-state index contributed by atoms with van der Waals surface area (Å²) in [4.78, 5) is 12.4. The molecular formula is C18H23N5O4S. The van der Waals surface area contributed by atoms with Crippen LogP contribution in [0.5, 0.6) is 0 Å². The van der Waals surface area contributed by atoms with Gasteiger partial charge >= 0.3 is 0 Å². The first-order valence-corrected chi connectivity index (χ1v) is 11.1. The summed E-state index contributed by atoms with van der Waals surface area (Å²) in [6, 6.07) is 5.63. The number of amides is 1. The predicted molar refractivity (Wildman–Crippen MR) is 103 cm³/mol. The fourth-order valence-electron chi connectivity index (χ4n) is 3.56. The van der Waals surface area contributed by atoms with E-state index in [1.807, 2.05) is 35.2 Å². The minimum absolute atomic E-state index is 0.0129. The molecule has 0 aromatic carbocycles. The maximum atomic E-state index is 12.4. The topological polar surface area (TPSA) is 102 Å². The van der Waals surface area contributed by atoms with Crippen molar-refractivity contribution in [2.24, 2.45) is 5.92 Å². The number of nitrogens with zero attached hydrogens (tertiary/aromatic N) is 4. The van der Waals surface area contributed by atoms with Crippen molar-refractivity contribution in [3.63, 3.8) is 0 Å². The maximum absolute atomic E-state index is 12.4. The molecular weight excluding hydrogens is 382 g/mol. The van der Waals surface area contributed by atoms with E-state index >= 15 is 0 Å². The van der Waals surface area contributed by atoms with Gasteiger partial charge < -0.3 is 14.3 Å². The Balaban J connectivity index is 1.31. The molecule has 0 bridgehead atoms. The quantitative estimate of drug-likeness (QED) is 0.664. The number of rotatable bonds is 6. The van der Waals surface area contributed by atoms with Crippen LogP contribution in [0.4, 0.5) is 0 Å². The van der Waals surface area contributed by atoms with E-state index < -0.39 is 10.0 Å². The Labute approximate surface area is 163 Å². The Bertz CT molecular complexity index is 1060. The minimum atomic E-state index is -3.17. The zero-order valence-corrected chi connectivity index (χ0v) is 16.4. The summed E-state index contributed by atoms with van der Waals surface area (Å²) < 4.78 is 33.7. The number of carbonyl (C=O) groups excluding carboxylic acids is 1. The van der Waals surface area contributed by atoms with Crippen LogP contribution in [0.2, 0.25) is 0 Å². The van der Waals surface area contributed by atoms with Crippen molar-refractivity contribution in [1.82, 2.24) is 23.8 Å². The molecule has 10 heteroatoms. The normalized spacial score (nSPS) is 16.6. The van der Waals surface area contributed by atoms with Crippen LogP contribution < -0.4 is 5.32 Å². The van der Waals surface area contributed by atoms with Gasteiger partial charge in [-0.1, -0.05) is 0 Å². The van der Waals surface area contributed by atoms with E-state index in [-0.39, 0.29) is 11.8 Å². The monoisotopic (exact) mass is 405 g/mol. The molecule has 0 aliphatic carbocycles. The molecule has 3 aromatic rings. The van der Waals surface area contributed by atoms with Gasteiger partial charge in [0.2, 0.25) is 15.9 Å². The summed E-state index contributed by atoms with van der Waals surface area (Å²) in [5.74, 6) is 0.563. The number of aromatic nitrogens is 3. The van der Waals surface area contributed by atoms with Crippen molar-refractivity contribution >= 4 is 21.6 Å². The predicted octanol–water partition coefficient (Wildman–Crippen LogP) is 1.18. The van der Waals surface area contributed by atoms with Gasteiger partial charge in [-0.15, -0.1) is 0 Å². The highest BCUT2D eigenvalue weighted by Crippen LogP contribution is 2.21. The summed E-state index contributed by atoms with van der Waals surface area (Å²) >= 11 is 0. The van der Waals surface area contributed by atoms with Crippen molar-refractivity contribution < 1.29 is 17.6 Å². The molecule has 1 aliphatic rings.